The van der Waals surface area contributed by atoms with Crippen molar-refractivity contribution in [3.63, 3.8) is 0 Å². The zero-order valence-corrected chi connectivity index (χ0v) is 9.25. The van der Waals surface area contributed by atoms with Crippen LogP contribution in [0.15, 0.2) is 6.20 Å². The van der Waals surface area contributed by atoms with E-state index < -0.39 is 0 Å². The Labute approximate surface area is 91.1 Å². The molecule has 0 bridgehead atoms. The summed E-state index contributed by atoms with van der Waals surface area (Å²) in [7, 11) is 2.12. The molecule has 2 aromatic heterocycles. The van der Waals surface area contributed by atoms with Gasteiger partial charge in [0.1, 0.15) is 5.69 Å². The Kier molecular flexibility index (Phi) is 1.90. The van der Waals surface area contributed by atoms with Crippen LogP contribution in [0.5, 0.6) is 0 Å². The van der Waals surface area contributed by atoms with E-state index in [2.05, 4.69) is 16.9 Å². The molecule has 3 heterocycles. The molecule has 0 radical (unpaired) electrons. The summed E-state index contributed by atoms with van der Waals surface area (Å²) < 4.78 is 2.00. The van der Waals surface area contributed by atoms with Gasteiger partial charge < -0.3 is 4.90 Å². The summed E-state index contributed by atoms with van der Waals surface area (Å²) in [6, 6.07) is 0. The minimum Gasteiger partial charge on any atom is -0.301 e. The molecule has 0 unspecified atom stereocenters. The fourth-order valence-electron chi connectivity index (χ4n) is 2.06. The van der Waals surface area contributed by atoms with Crippen LogP contribution in [0.25, 0.3) is 4.96 Å². The van der Waals surface area contributed by atoms with Gasteiger partial charge in [0.25, 0.3) is 0 Å². The van der Waals surface area contributed by atoms with Crippen LogP contribution in [0.3, 0.4) is 0 Å². The van der Waals surface area contributed by atoms with Crippen LogP contribution < -0.4 is 0 Å². The predicted molar refractivity (Wildman–Crippen MR) is 58.5 cm³/mol. The van der Waals surface area contributed by atoms with Gasteiger partial charge in [-0.3, -0.25) is 9.20 Å². The molecule has 3 rings (SSSR count). The molecule has 0 N–H and O–H groups in total. The highest BCUT2D eigenvalue weighted by molar-refractivity contribution is 7.17. The molecular weight excluding hydrogens is 210 g/mol. The van der Waals surface area contributed by atoms with Crippen molar-refractivity contribution in [3.05, 3.63) is 22.5 Å². The van der Waals surface area contributed by atoms with E-state index in [4.69, 9.17) is 0 Å². The zero-order valence-electron chi connectivity index (χ0n) is 8.43. The lowest BCUT2D eigenvalue weighted by Gasteiger charge is -2.21. The molecule has 0 aliphatic carbocycles. The van der Waals surface area contributed by atoms with E-state index in [0.29, 0.717) is 5.69 Å². The van der Waals surface area contributed by atoms with Crippen molar-refractivity contribution in [1.29, 1.82) is 0 Å². The second kappa shape index (κ2) is 3.15. The van der Waals surface area contributed by atoms with Gasteiger partial charge >= 0.3 is 0 Å². The molecule has 0 saturated carbocycles. The molecule has 0 spiro atoms. The molecular formula is C10H11N3OS. The first-order chi connectivity index (χ1) is 7.29. The normalized spacial score (nSPS) is 16.9. The van der Waals surface area contributed by atoms with Crippen molar-refractivity contribution < 1.29 is 4.79 Å². The maximum atomic E-state index is 10.9. The first kappa shape index (κ1) is 9.06. The van der Waals surface area contributed by atoms with Crippen molar-refractivity contribution in [2.45, 2.75) is 13.0 Å². The topological polar surface area (TPSA) is 37.6 Å². The standard InChI is InChI=1S/C10H11N3OS/c1-12-3-2-8-9(5-12)15-10-11-4-7(6-14)13(8)10/h4,6H,2-3,5H2,1H3. The second-order valence-electron chi connectivity index (χ2n) is 3.88. The summed E-state index contributed by atoms with van der Waals surface area (Å²) >= 11 is 1.69. The van der Waals surface area contributed by atoms with Crippen LogP contribution in [-0.4, -0.2) is 34.2 Å². The van der Waals surface area contributed by atoms with Gasteiger partial charge in [0.2, 0.25) is 0 Å². The number of fused-ring (bicyclic) bond motifs is 3. The maximum Gasteiger partial charge on any atom is 0.194 e. The Morgan fingerprint density at radius 2 is 2.47 bits per heavy atom. The third kappa shape index (κ3) is 1.23. The minimum absolute atomic E-state index is 0.673. The molecule has 5 heteroatoms. The predicted octanol–water partition coefficient (Wildman–Crippen LogP) is 1.20. The van der Waals surface area contributed by atoms with Gasteiger partial charge in [0.05, 0.1) is 6.20 Å². The quantitative estimate of drug-likeness (QED) is 0.679. The van der Waals surface area contributed by atoms with Crippen LogP contribution in [0.2, 0.25) is 0 Å². The highest BCUT2D eigenvalue weighted by Crippen LogP contribution is 2.28. The lowest BCUT2D eigenvalue weighted by Crippen LogP contribution is -2.26. The van der Waals surface area contributed by atoms with Crippen LogP contribution in [-0.2, 0) is 13.0 Å². The van der Waals surface area contributed by atoms with E-state index in [-0.39, 0.29) is 0 Å². The van der Waals surface area contributed by atoms with Crippen molar-refractivity contribution in [3.8, 4) is 0 Å². The number of hydrogen-bond donors (Lipinski definition) is 0. The first-order valence-corrected chi connectivity index (χ1v) is 5.73. The van der Waals surface area contributed by atoms with Crippen LogP contribution in [0, 0.1) is 0 Å². The average molecular weight is 221 g/mol. The number of carbonyl (C=O) groups is 1. The molecule has 15 heavy (non-hydrogen) atoms. The number of rotatable bonds is 1. The summed E-state index contributed by atoms with van der Waals surface area (Å²) in [5, 5.41) is 0. The Morgan fingerprint density at radius 3 is 3.27 bits per heavy atom. The van der Waals surface area contributed by atoms with E-state index in [0.717, 1.165) is 30.8 Å². The molecule has 0 aromatic carbocycles. The molecule has 0 saturated heterocycles. The number of thiazole rings is 1. The molecule has 2 aromatic rings. The van der Waals surface area contributed by atoms with E-state index >= 15 is 0 Å². The first-order valence-electron chi connectivity index (χ1n) is 4.91. The third-order valence-corrected chi connectivity index (χ3v) is 3.91. The largest absolute Gasteiger partial charge is 0.301 e. The smallest absolute Gasteiger partial charge is 0.194 e. The lowest BCUT2D eigenvalue weighted by molar-refractivity contribution is 0.111. The number of aldehydes is 1. The number of imidazole rings is 1. The second-order valence-corrected chi connectivity index (χ2v) is 4.94. The third-order valence-electron chi connectivity index (χ3n) is 2.83. The number of carbonyl (C=O) groups excluding carboxylic acids is 1. The Bertz CT molecular complexity index is 528. The lowest BCUT2D eigenvalue weighted by atomic mass is 10.2. The number of likely N-dealkylation sites (N-methyl/N-ethyl adjacent to an activating group) is 1. The van der Waals surface area contributed by atoms with Gasteiger partial charge in [-0.25, -0.2) is 4.98 Å². The zero-order chi connectivity index (χ0) is 10.4. The summed E-state index contributed by atoms with van der Waals surface area (Å²) in [6.07, 6.45) is 3.53. The van der Waals surface area contributed by atoms with Crippen LogP contribution >= 0.6 is 11.3 Å². The van der Waals surface area contributed by atoms with Crippen molar-refractivity contribution in [2.24, 2.45) is 0 Å². The van der Waals surface area contributed by atoms with Gasteiger partial charge in [0.15, 0.2) is 11.2 Å². The van der Waals surface area contributed by atoms with E-state index in [9.17, 15) is 4.79 Å². The van der Waals surface area contributed by atoms with Gasteiger partial charge in [-0.1, -0.05) is 11.3 Å². The maximum absolute atomic E-state index is 10.9. The Morgan fingerprint density at radius 1 is 1.60 bits per heavy atom. The van der Waals surface area contributed by atoms with E-state index in [1.165, 1.54) is 10.6 Å². The fraction of sp³-hybridized carbons (Fsp3) is 0.400. The Balaban J connectivity index is 2.25. The molecule has 4 nitrogen and oxygen atoms in total. The summed E-state index contributed by atoms with van der Waals surface area (Å²) in [4.78, 5) is 19.7. The van der Waals surface area contributed by atoms with E-state index in [1.807, 2.05) is 4.40 Å². The van der Waals surface area contributed by atoms with E-state index in [1.54, 1.807) is 17.5 Å². The van der Waals surface area contributed by atoms with Crippen molar-refractivity contribution >= 4 is 22.6 Å². The van der Waals surface area contributed by atoms with Crippen molar-refractivity contribution in [2.75, 3.05) is 13.6 Å². The number of hydrogen-bond acceptors (Lipinski definition) is 4. The molecule has 0 fully saturated rings. The molecule has 1 aliphatic rings. The number of nitrogens with zero attached hydrogens (tertiary/aromatic N) is 3. The highest BCUT2D eigenvalue weighted by atomic mass is 32.1. The summed E-state index contributed by atoms with van der Waals surface area (Å²) in [6.45, 7) is 2.02. The average Bonchev–Trinajstić information content (AvgIpc) is 2.74. The van der Waals surface area contributed by atoms with Gasteiger partial charge in [-0.2, -0.15) is 0 Å². The van der Waals surface area contributed by atoms with Crippen molar-refractivity contribution in [1.82, 2.24) is 14.3 Å². The van der Waals surface area contributed by atoms with Crippen LogP contribution in [0.4, 0.5) is 0 Å². The van der Waals surface area contributed by atoms with Gasteiger partial charge in [-0.05, 0) is 7.05 Å². The minimum atomic E-state index is 0.673. The van der Waals surface area contributed by atoms with Crippen LogP contribution in [0.1, 0.15) is 21.1 Å². The molecule has 78 valence electrons. The SMILES string of the molecule is CN1CCc2c(sc3ncc(C=O)n23)C1. The number of aromatic nitrogens is 2. The molecule has 1 aliphatic heterocycles. The monoisotopic (exact) mass is 221 g/mol. The highest BCUT2D eigenvalue weighted by Gasteiger charge is 2.20. The Hall–Kier alpha value is -1.20. The summed E-state index contributed by atoms with van der Waals surface area (Å²) in [5.41, 5.74) is 1.94. The molecule has 0 atom stereocenters. The van der Waals surface area contributed by atoms with Gasteiger partial charge in [0, 0.05) is 30.1 Å². The van der Waals surface area contributed by atoms with Gasteiger partial charge in [-0.15, -0.1) is 0 Å². The fourth-order valence-corrected chi connectivity index (χ4v) is 3.29. The summed E-state index contributed by atoms with van der Waals surface area (Å²) in [5.74, 6) is 0. The molecule has 0 amide bonds.